The van der Waals surface area contributed by atoms with Crippen molar-refractivity contribution in [3.8, 4) is 0 Å². The number of allylic oxidation sites excluding steroid dienone is 30. The van der Waals surface area contributed by atoms with E-state index in [9.17, 15) is 43.2 Å². The summed E-state index contributed by atoms with van der Waals surface area (Å²) in [5.41, 5.74) is 0. The van der Waals surface area contributed by atoms with Gasteiger partial charge in [0.2, 0.25) is 0 Å². The molecule has 0 saturated carbocycles. The average molecular weight is 1600 g/mol. The third-order valence-corrected chi connectivity index (χ3v) is 19.2. The molecule has 0 aromatic carbocycles. The molecule has 19 heteroatoms. The summed E-state index contributed by atoms with van der Waals surface area (Å²) < 4.78 is 68.8. The predicted octanol–water partition coefficient (Wildman–Crippen LogP) is 25.9. The summed E-state index contributed by atoms with van der Waals surface area (Å²) >= 11 is 0. The Morgan fingerprint density at radius 1 is 0.259 bits per heavy atom. The SMILES string of the molecule is CC/C=C\C/C=C\C/C=C\C/C=C\CCCCCCCCC(=O)OCC(COP(=O)(O)OCC(O)COP(=O)(O)OCC(COC(=O)CCCCCC/C=C\C/C=C\C/C=C\C/C=C\CC)OC(=O)CCCCCC/C=C\C/C=C\C/C=C\C/C=C\CC)OC(=O)CCCCCCCC/C=C\C/C=C\C/C=C\CCCCC. The van der Waals surface area contributed by atoms with Crippen LogP contribution in [-0.4, -0.2) is 96.7 Å². The van der Waals surface area contributed by atoms with Gasteiger partial charge in [-0.25, -0.2) is 9.13 Å². The Morgan fingerprint density at radius 3 is 0.714 bits per heavy atom. The van der Waals surface area contributed by atoms with Gasteiger partial charge in [0.25, 0.3) is 0 Å². The summed E-state index contributed by atoms with van der Waals surface area (Å²) in [6.07, 6.45) is 101. The van der Waals surface area contributed by atoms with E-state index in [0.717, 1.165) is 225 Å². The van der Waals surface area contributed by atoms with Gasteiger partial charge in [-0.2, -0.15) is 0 Å². The molecular formula is C93H152O17P2. The van der Waals surface area contributed by atoms with Gasteiger partial charge in [-0.1, -0.05) is 300 Å². The average Bonchev–Trinajstić information content (AvgIpc) is 0.898. The predicted molar refractivity (Wildman–Crippen MR) is 463 cm³/mol. The Morgan fingerprint density at radius 2 is 0.464 bits per heavy atom. The topological polar surface area (TPSA) is 237 Å². The molecule has 0 aliphatic rings. The lowest BCUT2D eigenvalue weighted by Gasteiger charge is -2.21. The third kappa shape index (κ3) is 82.2. The Hall–Kier alpha value is -5.84. The van der Waals surface area contributed by atoms with E-state index in [0.29, 0.717) is 25.7 Å². The standard InChI is InChI=1S/C93H152O17P2/c1-5-9-13-17-21-25-29-33-37-41-43-47-50-54-58-62-66-70-74-78-91(96)104-84-89(110-93(98)80-76-72-68-64-60-56-52-48-44-42-38-34-30-26-22-18-14-10-6-2)86-108-112(101,102)106-82-87(94)81-105-111(99,100)107-85-88(109-92(97)79-75-71-67-63-59-55-51-46-40-36-32-28-24-20-16-12-8-4)83-103-90(95)77-73-69-65-61-57-53-49-45-39-35-31-27-23-19-15-11-7-3/h9,11-13,15-16,21-28,33-40,43-44,47-49,51,53,55,87-89,94H,5-8,10,14,17-20,29-32,41-42,45-46,50,52,54,56-86H2,1-4H3,(H,99,100)(H,101,102)/b13-9-,15-11-,16-12-,25-21-,26-22-,27-23-,28-24-,37-33-,38-34-,39-35-,40-36-,47-43-,48-44-,53-49-,55-51-. The van der Waals surface area contributed by atoms with Gasteiger partial charge in [-0.3, -0.25) is 37.3 Å². The number of hydrogen-bond acceptors (Lipinski definition) is 15. The van der Waals surface area contributed by atoms with Crippen molar-refractivity contribution in [3.05, 3.63) is 182 Å². The molecule has 0 aliphatic heterocycles. The van der Waals surface area contributed by atoms with Crippen molar-refractivity contribution in [1.29, 1.82) is 0 Å². The normalized spacial score (nSPS) is 14.7. The van der Waals surface area contributed by atoms with Gasteiger partial charge in [-0.15, -0.1) is 0 Å². The molecule has 0 saturated heterocycles. The third-order valence-electron chi connectivity index (χ3n) is 17.3. The van der Waals surface area contributed by atoms with Crippen LogP contribution < -0.4 is 0 Å². The molecule has 0 amide bonds. The quantitative estimate of drug-likeness (QED) is 0.0169. The number of rotatable bonds is 79. The number of carbonyl (C=O) groups excluding carboxylic acids is 4. The molecule has 0 aliphatic carbocycles. The van der Waals surface area contributed by atoms with Crippen LogP contribution in [0.25, 0.3) is 0 Å². The number of hydrogen-bond donors (Lipinski definition) is 3. The van der Waals surface area contributed by atoms with E-state index in [4.69, 9.17) is 37.0 Å². The second kappa shape index (κ2) is 83.1. The van der Waals surface area contributed by atoms with E-state index < -0.39 is 97.5 Å². The van der Waals surface area contributed by atoms with Crippen molar-refractivity contribution < 1.29 is 80.2 Å². The van der Waals surface area contributed by atoms with E-state index in [1.165, 1.54) is 19.3 Å². The number of phosphoric acid groups is 2. The van der Waals surface area contributed by atoms with Crippen molar-refractivity contribution in [2.45, 2.75) is 341 Å². The van der Waals surface area contributed by atoms with Gasteiger partial charge in [-0.05, 0) is 180 Å². The summed E-state index contributed by atoms with van der Waals surface area (Å²) in [4.78, 5) is 73.3. The lowest BCUT2D eigenvalue weighted by Crippen LogP contribution is -2.30. The summed E-state index contributed by atoms with van der Waals surface area (Å²) in [5.74, 6) is -2.27. The van der Waals surface area contributed by atoms with Gasteiger partial charge in [0, 0.05) is 25.7 Å². The number of ether oxygens (including phenoxy) is 4. The summed E-state index contributed by atoms with van der Waals surface area (Å²) in [5, 5.41) is 10.7. The minimum atomic E-state index is -5.01. The maximum atomic E-state index is 13.2. The van der Waals surface area contributed by atoms with E-state index in [-0.39, 0.29) is 25.7 Å². The smallest absolute Gasteiger partial charge is 0.462 e. The van der Waals surface area contributed by atoms with Crippen molar-refractivity contribution in [3.63, 3.8) is 0 Å². The fourth-order valence-electron chi connectivity index (χ4n) is 10.9. The molecule has 5 unspecified atom stereocenters. The molecule has 0 spiro atoms. The first kappa shape index (κ1) is 106. The van der Waals surface area contributed by atoms with Crippen LogP contribution in [0.2, 0.25) is 0 Å². The minimum Gasteiger partial charge on any atom is -0.462 e. The van der Waals surface area contributed by atoms with E-state index in [2.05, 4.69) is 210 Å². The zero-order valence-electron chi connectivity index (χ0n) is 69.8. The van der Waals surface area contributed by atoms with Gasteiger partial charge >= 0.3 is 39.5 Å². The maximum Gasteiger partial charge on any atom is 0.472 e. The molecule has 0 bridgehead atoms. The highest BCUT2D eigenvalue weighted by molar-refractivity contribution is 7.47. The highest BCUT2D eigenvalue weighted by atomic mass is 31.2. The van der Waals surface area contributed by atoms with Crippen LogP contribution in [0.5, 0.6) is 0 Å². The molecule has 0 radical (unpaired) electrons. The van der Waals surface area contributed by atoms with Crippen molar-refractivity contribution in [2.75, 3.05) is 39.6 Å². The number of aliphatic hydroxyl groups excluding tert-OH is 1. The second-order valence-corrected chi connectivity index (χ2v) is 30.9. The molecule has 0 heterocycles. The lowest BCUT2D eigenvalue weighted by atomic mass is 10.1. The molecule has 0 aromatic heterocycles. The Bertz CT molecular complexity index is 2840. The number of carbonyl (C=O) groups is 4. The summed E-state index contributed by atoms with van der Waals surface area (Å²) in [7, 11) is -10.0. The van der Waals surface area contributed by atoms with Crippen LogP contribution in [0.1, 0.15) is 323 Å². The first-order chi connectivity index (χ1) is 54.7. The highest BCUT2D eigenvalue weighted by Crippen LogP contribution is 2.45. The largest absolute Gasteiger partial charge is 0.472 e. The van der Waals surface area contributed by atoms with E-state index >= 15 is 0 Å². The number of aliphatic hydroxyl groups is 1. The molecule has 5 atom stereocenters. The number of unbranched alkanes of at least 4 members (excludes halogenated alkanes) is 23. The van der Waals surface area contributed by atoms with E-state index in [1.807, 2.05) is 0 Å². The monoisotopic (exact) mass is 1600 g/mol. The lowest BCUT2D eigenvalue weighted by molar-refractivity contribution is -0.161. The van der Waals surface area contributed by atoms with Crippen LogP contribution in [0, 0.1) is 0 Å². The zero-order chi connectivity index (χ0) is 81.7. The van der Waals surface area contributed by atoms with Crippen molar-refractivity contribution in [1.82, 2.24) is 0 Å². The Kier molecular flexibility index (Phi) is 78.8. The number of phosphoric ester groups is 2. The van der Waals surface area contributed by atoms with Gasteiger partial charge < -0.3 is 33.8 Å². The van der Waals surface area contributed by atoms with Crippen LogP contribution >= 0.6 is 15.6 Å². The number of esters is 4. The first-order valence-electron chi connectivity index (χ1n) is 43.0. The molecular weight excluding hydrogens is 1450 g/mol. The van der Waals surface area contributed by atoms with Gasteiger partial charge in [0.15, 0.2) is 12.2 Å². The fraction of sp³-hybridized carbons (Fsp3) is 0.634. The van der Waals surface area contributed by atoms with Gasteiger partial charge in [0.05, 0.1) is 26.4 Å². The molecule has 0 rings (SSSR count). The Balaban J connectivity index is 5.48. The molecule has 3 N–H and O–H groups in total. The maximum absolute atomic E-state index is 13.2. The summed E-state index contributed by atoms with van der Waals surface area (Å²) in [6, 6.07) is 0. The van der Waals surface area contributed by atoms with Crippen molar-refractivity contribution in [2.24, 2.45) is 0 Å². The van der Waals surface area contributed by atoms with Crippen LogP contribution in [0.3, 0.4) is 0 Å². The second-order valence-electron chi connectivity index (χ2n) is 28.0. The Labute approximate surface area is 679 Å². The first-order valence-corrected chi connectivity index (χ1v) is 46.0. The molecule has 0 aromatic rings. The van der Waals surface area contributed by atoms with Crippen molar-refractivity contribution >= 4 is 39.5 Å². The van der Waals surface area contributed by atoms with E-state index in [1.54, 1.807) is 0 Å². The van der Waals surface area contributed by atoms with Crippen LogP contribution in [-0.2, 0) is 65.4 Å². The fourth-order valence-corrected chi connectivity index (χ4v) is 12.5. The molecule has 636 valence electrons. The summed E-state index contributed by atoms with van der Waals surface area (Å²) in [6.45, 7) is 4.44. The molecule has 112 heavy (non-hydrogen) atoms. The molecule has 17 nitrogen and oxygen atoms in total. The zero-order valence-corrected chi connectivity index (χ0v) is 71.6. The minimum absolute atomic E-state index is 0.0543. The highest BCUT2D eigenvalue weighted by Gasteiger charge is 2.30. The molecule has 0 fully saturated rings. The van der Waals surface area contributed by atoms with Gasteiger partial charge in [0.1, 0.15) is 19.3 Å². The van der Waals surface area contributed by atoms with Crippen LogP contribution in [0.4, 0.5) is 0 Å². The van der Waals surface area contributed by atoms with Crippen LogP contribution in [0.15, 0.2) is 182 Å².